The van der Waals surface area contributed by atoms with Crippen LogP contribution in [0.4, 0.5) is 0 Å². The van der Waals surface area contributed by atoms with Gasteiger partial charge in [0.15, 0.2) is 0 Å². The maximum atomic E-state index is 5.75. The van der Waals surface area contributed by atoms with Gasteiger partial charge in [0, 0.05) is 19.1 Å². The fourth-order valence-electron chi connectivity index (χ4n) is 1.73. The molecule has 0 radical (unpaired) electrons. The summed E-state index contributed by atoms with van der Waals surface area (Å²) >= 11 is 0. The van der Waals surface area contributed by atoms with Gasteiger partial charge in [-0.15, -0.1) is 0 Å². The quantitative estimate of drug-likeness (QED) is 0.793. The second-order valence-electron chi connectivity index (χ2n) is 4.34. The highest BCUT2D eigenvalue weighted by Gasteiger charge is 2.02. The van der Waals surface area contributed by atoms with Crippen molar-refractivity contribution in [3.05, 3.63) is 29.8 Å². The van der Waals surface area contributed by atoms with Gasteiger partial charge in [0.1, 0.15) is 5.75 Å². The van der Waals surface area contributed by atoms with Gasteiger partial charge in [-0.3, -0.25) is 0 Å². The molecule has 1 aromatic carbocycles. The van der Waals surface area contributed by atoms with Gasteiger partial charge in [-0.2, -0.15) is 0 Å². The minimum absolute atomic E-state index is 0.232. The van der Waals surface area contributed by atoms with Crippen molar-refractivity contribution in [3.63, 3.8) is 0 Å². The molecule has 3 nitrogen and oxygen atoms in total. The molecule has 0 aliphatic carbocycles. The zero-order chi connectivity index (χ0) is 12.0. The van der Waals surface area contributed by atoms with Crippen LogP contribution in [0.3, 0.4) is 0 Å². The Morgan fingerprint density at radius 3 is 2.81 bits per heavy atom. The molecule has 1 unspecified atom stereocenters. The van der Waals surface area contributed by atoms with E-state index < -0.39 is 0 Å². The number of nitrogens with two attached hydrogens (primary N) is 1. The third-order valence-corrected chi connectivity index (χ3v) is 2.52. The zero-order valence-electron chi connectivity index (χ0n) is 10.4. The van der Waals surface area contributed by atoms with Crippen molar-refractivity contribution in [1.29, 1.82) is 0 Å². The SMILES string of the molecule is COc1cccc(CCN(C)CC(C)N)c1. The minimum atomic E-state index is 0.232. The smallest absolute Gasteiger partial charge is 0.119 e. The van der Waals surface area contributed by atoms with E-state index in [1.54, 1.807) is 7.11 Å². The first-order valence-electron chi connectivity index (χ1n) is 5.69. The van der Waals surface area contributed by atoms with E-state index in [9.17, 15) is 0 Å². The van der Waals surface area contributed by atoms with Crippen LogP contribution >= 0.6 is 0 Å². The molecule has 0 aliphatic rings. The van der Waals surface area contributed by atoms with Crippen LogP contribution in [0.5, 0.6) is 5.75 Å². The molecule has 3 heteroatoms. The third kappa shape index (κ3) is 4.64. The van der Waals surface area contributed by atoms with Crippen LogP contribution in [0.1, 0.15) is 12.5 Å². The highest BCUT2D eigenvalue weighted by Crippen LogP contribution is 2.13. The Morgan fingerprint density at radius 1 is 1.44 bits per heavy atom. The van der Waals surface area contributed by atoms with E-state index in [4.69, 9.17) is 10.5 Å². The van der Waals surface area contributed by atoms with E-state index in [-0.39, 0.29) is 6.04 Å². The monoisotopic (exact) mass is 222 g/mol. The van der Waals surface area contributed by atoms with Gasteiger partial charge in [-0.25, -0.2) is 0 Å². The molecule has 0 saturated heterocycles. The Bertz CT molecular complexity index is 313. The number of methoxy groups -OCH3 is 1. The van der Waals surface area contributed by atoms with Crippen LogP contribution < -0.4 is 10.5 Å². The molecular formula is C13H22N2O. The molecule has 0 fully saturated rings. The molecule has 0 amide bonds. The molecule has 0 aromatic heterocycles. The first-order valence-corrected chi connectivity index (χ1v) is 5.69. The van der Waals surface area contributed by atoms with Gasteiger partial charge >= 0.3 is 0 Å². The summed E-state index contributed by atoms with van der Waals surface area (Å²) in [5, 5.41) is 0. The summed E-state index contributed by atoms with van der Waals surface area (Å²) in [6.07, 6.45) is 1.03. The molecule has 1 atom stereocenters. The number of nitrogens with zero attached hydrogens (tertiary/aromatic N) is 1. The number of likely N-dealkylation sites (N-methyl/N-ethyl adjacent to an activating group) is 1. The lowest BCUT2D eigenvalue weighted by atomic mass is 10.1. The predicted octanol–water partition coefficient (Wildman–Crippen LogP) is 1.52. The molecule has 16 heavy (non-hydrogen) atoms. The zero-order valence-corrected chi connectivity index (χ0v) is 10.4. The van der Waals surface area contributed by atoms with Crippen LogP contribution in [0.2, 0.25) is 0 Å². The molecule has 0 heterocycles. The first kappa shape index (κ1) is 13.0. The van der Waals surface area contributed by atoms with Crippen LogP contribution in [-0.2, 0) is 6.42 Å². The molecule has 1 rings (SSSR count). The van der Waals surface area contributed by atoms with E-state index in [2.05, 4.69) is 24.1 Å². The van der Waals surface area contributed by atoms with Crippen molar-refractivity contribution >= 4 is 0 Å². The lowest BCUT2D eigenvalue weighted by Gasteiger charge is -2.18. The summed E-state index contributed by atoms with van der Waals surface area (Å²) in [6.45, 7) is 3.99. The van der Waals surface area contributed by atoms with E-state index >= 15 is 0 Å². The van der Waals surface area contributed by atoms with Crippen LogP contribution in [0, 0.1) is 0 Å². The molecule has 2 N–H and O–H groups in total. The largest absolute Gasteiger partial charge is 0.497 e. The van der Waals surface area contributed by atoms with E-state index in [1.807, 2.05) is 19.1 Å². The summed E-state index contributed by atoms with van der Waals surface area (Å²) in [4.78, 5) is 2.25. The van der Waals surface area contributed by atoms with Gasteiger partial charge in [0.2, 0.25) is 0 Å². The highest BCUT2D eigenvalue weighted by molar-refractivity contribution is 5.28. The predicted molar refractivity (Wildman–Crippen MR) is 67.8 cm³/mol. The van der Waals surface area contributed by atoms with E-state index in [0.717, 1.165) is 25.3 Å². The molecule has 1 aromatic rings. The summed E-state index contributed by atoms with van der Waals surface area (Å²) in [6, 6.07) is 8.44. The fourth-order valence-corrected chi connectivity index (χ4v) is 1.73. The Labute approximate surface area is 98.2 Å². The van der Waals surface area contributed by atoms with Gasteiger partial charge in [0.05, 0.1) is 7.11 Å². The summed E-state index contributed by atoms with van der Waals surface area (Å²) < 4.78 is 5.19. The Balaban J connectivity index is 2.41. The number of benzene rings is 1. The molecule has 0 aliphatic heterocycles. The lowest BCUT2D eigenvalue weighted by molar-refractivity contribution is 0.321. The number of hydrogen-bond acceptors (Lipinski definition) is 3. The molecule has 0 saturated carbocycles. The molecule has 0 bridgehead atoms. The van der Waals surface area contributed by atoms with Crippen LogP contribution in [0.15, 0.2) is 24.3 Å². The average molecular weight is 222 g/mol. The Kier molecular flexibility index (Phi) is 5.29. The number of ether oxygens (including phenoxy) is 1. The summed E-state index contributed by atoms with van der Waals surface area (Å²) in [5.74, 6) is 0.923. The van der Waals surface area contributed by atoms with Gasteiger partial charge in [-0.1, -0.05) is 12.1 Å². The van der Waals surface area contributed by atoms with Gasteiger partial charge in [0.25, 0.3) is 0 Å². The molecule has 0 spiro atoms. The normalized spacial score (nSPS) is 12.8. The maximum absolute atomic E-state index is 5.75. The topological polar surface area (TPSA) is 38.5 Å². The van der Waals surface area contributed by atoms with Crippen molar-refractivity contribution in [3.8, 4) is 5.75 Å². The Morgan fingerprint density at radius 2 is 2.19 bits per heavy atom. The van der Waals surface area contributed by atoms with Crippen molar-refractivity contribution < 1.29 is 4.74 Å². The van der Waals surface area contributed by atoms with Crippen molar-refractivity contribution in [1.82, 2.24) is 4.90 Å². The maximum Gasteiger partial charge on any atom is 0.119 e. The van der Waals surface area contributed by atoms with Crippen LogP contribution in [0.25, 0.3) is 0 Å². The fraction of sp³-hybridized carbons (Fsp3) is 0.538. The summed E-state index contributed by atoms with van der Waals surface area (Å²) in [7, 11) is 3.80. The van der Waals surface area contributed by atoms with Crippen molar-refractivity contribution in [2.24, 2.45) is 5.73 Å². The van der Waals surface area contributed by atoms with Crippen molar-refractivity contribution in [2.75, 3.05) is 27.2 Å². The first-order chi connectivity index (χ1) is 7.61. The van der Waals surface area contributed by atoms with E-state index in [0.29, 0.717) is 0 Å². The average Bonchev–Trinajstić information content (AvgIpc) is 2.26. The van der Waals surface area contributed by atoms with Crippen molar-refractivity contribution in [2.45, 2.75) is 19.4 Å². The lowest BCUT2D eigenvalue weighted by Crippen LogP contribution is -2.34. The molecular weight excluding hydrogens is 200 g/mol. The van der Waals surface area contributed by atoms with E-state index in [1.165, 1.54) is 5.56 Å². The summed E-state index contributed by atoms with van der Waals surface area (Å²) in [5.41, 5.74) is 7.05. The number of hydrogen-bond donors (Lipinski definition) is 1. The second-order valence-corrected chi connectivity index (χ2v) is 4.34. The molecule has 90 valence electrons. The second kappa shape index (κ2) is 6.51. The third-order valence-electron chi connectivity index (χ3n) is 2.52. The Hall–Kier alpha value is -1.06. The van der Waals surface area contributed by atoms with Gasteiger partial charge < -0.3 is 15.4 Å². The number of rotatable bonds is 6. The standard InChI is InChI=1S/C13H22N2O/c1-11(14)10-15(2)8-7-12-5-4-6-13(9-12)16-3/h4-6,9,11H,7-8,10,14H2,1-3H3. The minimum Gasteiger partial charge on any atom is -0.497 e. The van der Waals surface area contributed by atoms with Gasteiger partial charge in [-0.05, 0) is 38.1 Å². The van der Waals surface area contributed by atoms with Crippen LogP contribution in [-0.4, -0.2) is 38.2 Å². The highest BCUT2D eigenvalue weighted by atomic mass is 16.5.